The van der Waals surface area contributed by atoms with E-state index in [4.69, 9.17) is 4.52 Å². The number of amides is 1. The molecule has 1 heterocycles. The van der Waals surface area contributed by atoms with Crippen molar-refractivity contribution < 1.29 is 13.7 Å². The summed E-state index contributed by atoms with van der Waals surface area (Å²) in [5.41, 5.74) is 3.29. The Morgan fingerprint density at radius 3 is 2.53 bits per heavy atom. The number of aryl methyl sites for hydroxylation is 1. The largest absolute Gasteiger partial charge is 0.340 e. The van der Waals surface area contributed by atoms with Gasteiger partial charge >= 0.3 is 0 Å². The topological polar surface area (TPSA) is 68.0 Å². The second kappa shape index (κ2) is 8.69. The lowest BCUT2D eigenvalue weighted by Gasteiger charge is -2.15. The summed E-state index contributed by atoms with van der Waals surface area (Å²) in [6, 6.07) is 22.4. The van der Waals surface area contributed by atoms with Gasteiger partial charge in [0, 0.05) is 17.5 Å². The third kappa shape index (κ3) is 4.60. The highest BCUT2D eigenvalue weighted by Gasteiger charge is 2.23. The Bertz CT molecular complexity index is 1140. The number of hydrogen-bond acceptors (Lipinski definition) is 4. The summed E-state index contributed by atoms with van der Waals surface area (Å²) in [5.74, 6) is 0.0342. The Kier molecular flexibility index (Phi) is 5.66. The molecule has 1 N–H and O–H groups in total. The average molecular weight is 401 g/mol. The molecular weight excluding hydrogens is 381 g/mol. The van der Waals surface area contributed by atoms with Crippen molar-refractivity contribution in [2.45, 2.75) is 19.4 Å². The number of carbonyl (C=O) groups excluding carboxylic acids is 1. The fraction of sp³-hybridized carbons (Fsp3) is 0.125. The van der Waals surface area contributed by atoms with Crippen LogP contribution in [0.15, 0.2) is 83.4 Å². The first-order valence-electron chi connectivity index (χ1n) is 9.59. The van der Waals surface area contributed by atoms with Gasteiger partial charge in [0.1, 0.15) is 11.9 Å². The highest BCUT2D eigenvalue weighted by molar-refractivity contribution is 5.94. The van der Waals surface area contributed by atoms with E-state index in [1.165, 1.54) is 24.3 Å². The first kappa shape index (κ1) is 19.5. The second-order valence-electron chi connectivity index (χ2n) is 7.05. The number of carbonyl (C=O) groups is 1. The molecular formula is C24H20FN3O2. The first-order chi connectivity index (χ1) is 14.6. The van der Waals surface area contributed by atoms with Gasteiger partial charge in [-0.25, -0.2) is 4.39 Å². The third-order valence-electron chi connectivity index (χ3n) is 4.71. The predicted molar refractivity (Wildman–Crippen MR) is 111 cm³/mol. The van der Waals surface area contributed by atoms with Crippen molar-refractivity contribution in [2.75, 3.05) is 0 Å². The highest BCUT2D eigenvalue weighted by Crippen LogP contribution is 2.22. The number of nitrogens with zero attached hydrogens (tertiary/aromatic N) is 2. The van der Waals surface area contributed by atoms with Gasteiger partial charge < -0.3 is 9.84 Å². The minimum Gasteiger partial charge on any atom is -0.340 e. The average Bonchev–Trinajstić information content (AvgIpc) is 3.25. The number of aromatic nitrogens is 2. The van der Waals surface area contributed by atoms with Crippen LogP contribution >= 0.6 is 0 Å². The molecule has 0 bridgehead atoms. The van der Waals surface area contributed by atoms with E-state index in [9.17, 15) is 9.18 Å². The van der Waals surface area contributed by atoms with Crippen LogP contribution in [0.3, 0.4) is 0 Å². The van der Waals surface area contributed by atoms with Crippen LogP contribution in [-0.2, 0) is 6.42 Å². The van der Waals surface area contributed by atoms with E-state index in [0.29, 0.717) is 23.7 Å². The minimum absolute atomic E-state index is 0.311. The maximum absolute atomic E-state index is 13.2. The molecule has 30 heavy (non-hydrogen) atoms. The summed E-state index contributed by atoms with van der Waals surface area (Å²) in [5, 5.41) is 7.03. The molecule has 0 radical (unpaired) electrons. The standard InChI is InChI=1S/C24H20FN3O2/c1-16-6-5-9-19(14-16)22-27-24(30-28-22)21(15-17-7-3-2-4-8-17)26-23(29)18-10-12-20(25)13-11-18/h2-14,21H,15H2,1H3,(H,26,29). The zero-order chi connectivity index (χ0) is 20.9. The lowest BCUT2D eigenvalue weighted by atomic mass is 10.1. The number of benzene rings is 3. The molecule has 0 aliphatic carbocycles. The second-order valence-corrected chi connectivity index (χ2v) is 7.05. The van der Waals surface area contributed by atoms with Gasteiger partial charge in [0.25, 0.3) is 5.91 Å². The molecule has 0 aliphatic rings. The van der Waals surface area contributed by atoms with Gasteiger partial charge in [-0.15, -0.1) is 0 Å². The highest BCUT2D eigenvalue weighted by atomic mass is 19.1. The maximum Gasteiger partial charge on any atom is 0.251 e. The van der Waals surface area contributed by atoms with Gasteiger partial charge in [-0.05, 0) is 42.8 Å². The van der Waals surface area contributed by atoms with Crippen LogP contribution < -0.4 is 5.32 Å². The summed E-state index contributed by atoms with van der Waals surface area (Å²) < 4.78 is 18.7. The van der Waals surface area contributed by atoms with Crippen LogP contribution in [-0.4, -0.2) is 16.0 Å². The molecule has 1 amide bonds. The van der Waals surface area contributed by atoms with Crippen molar-refractivity contribution in [3.8, 4) is 11.4 Å². The number of nitrogens with one attached hydrogen (secondary N) is 1. The Balaban J connectivity index is 1.62. The molecule has 4 rings (SSSR count). The zero-order valence-corrected chi connectivity index (χ0v) is 16.4. The molecule has 1 aromatic heterocycles. The minimum atomic E-state index is -0.531. The van der Waals surface area contributed by atoms with E-state index in [2.05, 4.69) is 15.5 Å². The van der Waals surface area contributed by atoms with Crippen molar-refractivity contribution in [2.24, 2.45) is 0 Å². The van der Waals surface area contributed by atoms with Gasteiger partial charge in [0.05, 0.1) is 0 Å². The Hall–Kier alpha value is -3.80. The van der Waals surface area contributed by atoms with Crippen LogP contribution in [0.25, 0.3) is 11.4 Å². The Morgan fingerprint density at radius 2 is 1.80 bits per heavy atom. The molecule has 0 saturated carbocycles. The van der Waals surface area contributed by atoms with E-state index < -0.39 is 11.9 Å². The molecule has 3 aromatic carbocycles. The molecule has 150 valence electrons. The van der Waals surface area contributed by atoms with Crippen LogP contribution in [0.5, 0.6) is 0 Å². The summed E-state index contributed by atoms with van der Waals surface area (Å²) in [6.45, 7) is 1.99. The van der Waals surface area contributed by atoms with Crippen LogP contribution in [0.1, 0.15) is 33.4 Å². The SMILES string of the molecule is Cc1cccc(-c2noc(C(Cc3ccccc3)NC(=O)c3ccc(F)cc3)n2)c1. The molecule has 4 aromatic rings. The fourth-order valence-corrected chi connectivity index (χ4v) is 3.17. The maximum atomic E-state index is 13.2. The predicted octanol–water partition coefficient (Wildman–Crippen LogP) is 4.90. The van der Waals surface area contributed by atoms with Gasteiger partial charge in [-0.2, -0.15) is 4.98 Å². The summed E-state index contributed by atoms with van der Waals surface area (Å²) in [4.78, 5) is 17.3. The number of hydrogen-bond donors (Lipinski definition) is 1. The van der Waals surface area contributed by atoms with Crippen molar-refractivity contribution in [3.05, 3.63) is 107 Å². The molecule has 1 unspecified atom stereocenters. The van der Waals surface area contributed by atoms with E-state index in [1.54, 1.807) is 0 Å². The fourth-order valence-electron chi connectivity index (χ4n) is 3.17. The van der Waals surface area contributed by atoms with Gasteiger partial charge in [-0.3, -0.25) is 4.79 Å². The van der Waals surface area contributed by atoms with Gasteiger partial charge in [0.2, 0.25) is 11.7 Å². The third-order valence-corrected chi connectivity index (χ3v) is 4.71. The van der Waals surface area contributed by atoms with E-state index in [0.717, 1.165) is 16.7 Å². The molecule has 1 atom stereocenters. The lowest BCUT2D eigenvalue weighted by molar-refractivity contribution is 0.0928. The van der Waals surface area contributed by atoms with Crippen molar-refractivity contribution in [1.29, 1.82) is 0 Å². The summed E-state index contributed by atoms with van der Waals surface area (Å²) in [6.07, 6.45) is 0.475. The van der Waals surface area contributed by atoms with Crippen LogP contribution in [0.4, 0.5) is 4.39 Å². The van der Waals surface area contributed by atoms with Gasteiger partial charge in [0.15, 0.2) is 0 Å². The van der Waals surface area contributed by atoms with Crippen molar-refractivity contribution >= 4 is 5.91 Å². The van der Waals surface area contributed by atoms with E-state index >= 15 is 0 Å². The first-order valence-corrected chi connectivity index (χ1v) is 9.59. The molecule has 0 aliphatic heterocycles. The summed E-state index contributed by atoms with van der Waals surface area (Å²) in [7, 11) is 0. The molecule has 0 spiro atoms. The molecule has 6 heteroatoms. The monoisotopic (exact) mass is 401 g/mol. The molecule has 0 fully saturated rings. The Labute approximate surface area is 173 Å². The van der Waals surface area contributed by atoms with Crippen molar-refractivity contribution in [1.82, 2.24) is 15.5 Å². The molecule has 5 nitrogen and oxygen atoms in total. The van der Waals surface area contributed by atoms with Crippen LogP contribution in [0.2, 0.25) is 0 Å². The van der Waals surface area contributed by atoms with E-state index in [-0.39, 0.29) is 5.91 Å². The number of rotatable bonds is 6. The normalized spacial score (nSPS) is 11.8. The smallest absolute Gasteiger partial charge is 0.251 e. The van der Waals surface area contributed by atoms with Crippen LogP contribution in [0, 0.1) is 12.7 Å². The quantitative estimate of drug-likeness (QED) is 0.499. The van der Waals surface area contributed by atoms with E-state index in [1.807, 2.05) is 61.5 Å². The summed E-state index contributed by atoms with van der Waals surface area (Å²) >= 11 is 0. The zero-order valence-electron chi connectivity index (χ0n) is 16.4. The number of halogens is 1. The van der Waals surface area contributed by atoms with Gasteiger partial charge in [-0.1, -0.05) is 59.3 Å². The molecule has 0 saturated heterocycles. The lowest BCUT2D eigenvalue weighted by Crippen LogP contribution is -2.30. The Morgan fingerprint density at radius 1 is 1.03 bits per heavy atom. The van der Waals surface area contributed by atoms with Crippen molar-refractivity contribution in [3.63, 3.8) is 0 Å².